The fourth-order valence-corrected chi connectivity index (χ4v) is 2.71. The van der Waals surface area contributed by atoms with Gasteiger partial charge in [-0.25, -0.2) is 4.98 Å². The minimum absolute atomic E-state index is 0.470. The summed E-state index contributed by atoms with van der Waals surface area (Å²) in [6.07, 6.45) is 6.09. The maximum Gasteiger partial charge on any atom is 0.126 e. The Bertz CT molecular complexity index is 555. The lowest BCUT2D eigenvalue weighted by Gasteiger charge is -2.19. The van der Waals surface area contributed by atoms with Gasteiger partial charge in [-0.15, -0.1) is 0 Å². The average molecular weight is 268 g/mol. The highest BCUT2D eigenvalue weighted by molar-refractivity contribution is 5.37. The molecular formula is C16H20N4. The van der Waals surface area contributed by atoms with Crippen LogP contribution in [-0.4, -0.2) is 28.5 Å². The first-order valence-electron chi connectivity index (χ1n) is 7.13. The van der Waals surface area contributed by atoms with E-state index in [1.807, 2.05) is 30.6 Å². The standard InChI is InChI=1S/C16H20N4/c1-20-11-3-5-15(20)14-4-2-6-16(19-14)18-12-13-7-9-17-10-8-13/h2,4,6-10,15H,3,5,11-12H2,1H3,(H,18,19)/t15-/m1/s1. The van der Waals surface area contributed by atoms with Crippen molar-refractivity contribution in [1.29, 1.82) is 0 Å². The monoisotopic (exact) mass is 268 g/mol. The number of anilines is 1. The van der Waals surface area contributed by atoms with E-state index in [9.17, 15) is 0 Å². The number of nitrogens with zero attached hydrogens (tertiary/aromatic N) is 3. The molecule has 4 nitrogen and oxygen atoms in total. The van der Waals surface area contributed by atoms with Crippen molar-refractivity contribution in [2.45, 2.75) is 25.4 Å². The summed E-state index contributed by atoms with van der Waals surface area (Å²) in [5.74, 6) is 0.944. The molecule has 1 aliphatic heterocycles. The molecule has 0 radical (unpaired) electrons. The Morgan fingerprint density at radius 2 is 2.10 bits per heavy atom. The zero-order valence-corrected chi connectivity index (χ0v) is 11.8. The molecule has 1 fully saturated rings. The van der Waals surface area contributed by atoms with E-state index in [0.29, 0.717) is 6.04 Å². The van der Waals surface area contributed by atoms with Gasteiger partial charge in [-0.2, -0.15) is 0 Å². The molecule has 2 aromatic heterocycles. The molecule has 0 spiro atoms. The van der Waals surface area contributed by atoms with Crippen LogP contribution in [0.1, 0.15) is 30.1 Å². The molecule has 1 N–H and O–H groups in total. The summed E-state index contributed by atoms with van der Waals surface area (Å²) in [4.78, 5) is 11.2. The van der Waals surface area contributed by atoms with Crippen molar-refractivity contribution in [2.24, 2.45) is 0 Å². The summed E-state index contributed by atoms with van der Waals surface area (Å²) in [7, 11) is 2.18. The van der Waals surface area contributed by atoms with Gasteiger partial charge >= 0.3 is 0 Å². The van der Waals surface area contributed by atoms with Crippen molar-refractivity contribution in [1.82, 2.24) is 14.9 Å². The summed E-state index contributed by atoms with van der Waals surface area (Å²) in [6, 6.07) is 10.7. The fourth-order valence-electron chi connectivity index (χ4n) is 2.71. The van der Waals surface area contributed by atoms with E-state index in [1.54, 1.807) is 0 Å². The third-order valence-corrected chi connectivity index (χ3v) is 3.86. The van der Waals surface area contributed by atoms with E-state index >= 15 is 0 Å². The molecule has 2 aromatic rings. The van der Waals surface area contributed by atoms with Crippen LogP contribution in [0, 0.1) is 0 Å². The zero-order valence-electron chi connectivity index (χ0n) is 11.8. The van der Waals surface area contributed by atoms with E-state index in [0.717, 1.165) is 12.4 Å². The molecule has 20 heavy (non-hydrogen) atoms. The van der Waals surface area contributed by atoms with Crippen molar-refractivity contribution in [3.05, 3.63) is 54.0 Å². The SMILES string of the molecule is CN1CCC[C@@H]1c1cccc(NCc2ccncc2)n1. The minimum Gasteiger partial charge on any atom is -0.366 e. The molecule has 3 rings (SSSR count). The van der Waals surface area contributed by atoms with Crippen LogP contribution in [-0.2, 0) is 6.54 Å². The van der Waals surface area contributed by atoms with Crippen LogP contribution in [0.3, 0.4) is 0 Å². The Balaban J connectivity index is 1.68. The molecule has 0 bridgehead atoms. The topological polar surface area (TPSA) is 41.0 Å². The molecule has 1 saturated heterocycles. The van der Waals surface area contributed by atoms with Gasteiger partial charge in [0.05, 0.1) is 11.7 Å². The van der Waals surface area contributed by atoms with Gasteiger partial charge in [0.1, 0.15) is 5.82 Å². The van der Waals surface area contributed by atoms with Crippen LogP contribution >= 0.6 is 0 Å². The molecule has 0 amide bonds. The van der Waals surface area contributed by atoms with Gasteiger partial charge in [0, 0.05) is 18.9 Å². The molecule has 0 unspecified atom stereocenters. The second-order valence-electron chi connectivity index (χ2n) is 5.30. The highest BCUT2D eigenvalue weighted by atomic mass is 15.2. The fraction of sp³-hybridized carbons (Fsp3) is 0.375. The van der Waals surface area contributed by atoms with E-state index in [4.69, 9.17) is 4.98 Å². The van der Waals surface area contributed by atoms with E-state index in [2.05, 4.69) is 34.4 Å². The predicted molar refractivity (Wildman–Crippen MR) is 80.4 cm³/mol. The maximum atomic E-state index is 4.75. The molecule has 0 aromatic carbocycles. The summed E-state index contributed by atoms with van der Waals surface area (Å²) >= 11 is 0. The highest BCUT2D eigenvalue weighted by Crippen LogP contribution is 2.29. The summed E-state index contributed by atoms with van der Waals surface area (Å²) in [6.45, 7) is 1.94. The van der Waals surface area contributed by atoms with Crippen LogP contribution in [0.4, 0.5) is 5.82 Å². The van der Waals surface area contributed by atoms with Crippen molar-refractivity contribution >= 4 is 5.82 Å². The van der Waals surface area contributed by atoms with Crippen LogP contribution in [0.5, 0.6) is 0 Å². The average Bonchev–Trinajstić information content (AvgIpc) is 2.93. The quantitative estimate of drug-likeness (QED) is 0.925. The molecule has 4 heteroatoms. The summed E-state index contributed by atoms with van der Waals surface area (Å²) < 4.78 is 0. The Kier molecular flexibility index (Phi) is 3.92. The molecule has 104 valence electrons. The van der Waals surface area contributed by atoms with Gasteiger partial charge in [-0.1, -0.05) is 6.07 Å². The lowest BCUT2D eigenvalue weighted by atomic mass is 10.1. The van der Waals surface area contributed by atoms with Gasteiger partial charge in [-0.05, 0) is 56.3 Å². The molecule has 0 aliphatic carbocycles. The van der Waals surface area contributed by atoms with E-state index < -0.39 is 0 Å². The molecule has 1 aliphatic rings. The second-order valence-corrected chi connectivity index (χ2v) is 5.30. The number of aromatic nitrogens is 2. The summed E-state index contributed by atoms with van der Waals surface area (Å²) in [5.41, 5.74) is 2.38. The first kappa shape index (κ1) is 13.1. The van der Waals surface area contributed by atoms with Crippen molar-refractivity contribution < 1.29 is 0 Å². The number of rotatable bonds is 4. The third-order valence-electron chi connectivity index (χ3n) is 3.86. The van der Waals surface area contributed by atoms with Crippen LogP contribution in [0.25, 0.3) is 0 Å². The van der Waals surface area contributed by atoms with Crippen LogP contribution < -0.4 is 5.32 Å². The van der Waals surface area contributed by atoms with Gasteiger partial charge < -0.3 is 5.32 Å². The van der Waals surface area contributed by atoms with Gasteiger partial charge in [0.15, 0.2) is 0 Å². The number of hydrogen-bond donors (Lipinski definition) is 1. The number of hydrogen-bond acceptors (Lipinski definition) is 4. The number of pyridine rings is 2. The predicted octanol–water partition coefficient (Wildman–Crippen LogP) is 2.86. The van der Waals surface area contributed by atoms with Gasteiger partial charge in [-0.3, -0.25) is 9.88 Å². The van der Waals surface area contributed by atoms with Crippen molar-refractivity contribution in [3.63, 3.8) is 0 Å². The Labute approximate surface area is 119 Å². The first-order valence-corrected chi connectivity index (χ1v) is 7.13. The first-order chi connectivity index (χ1) is 9.83. The van der Waals surface area contributed by atoms with Gasteiger partial charge in [0.25, 0.3) is 0 Å². The summed E-state index contributed by atoms with van der Waals surface area (Å²) in [5, 5.41) is 3.38. The second kappa shape index (κ2) is 6.01. The number of nitrogens with one attached hydrogen (secondary N) is 1. The lowest BCUT2D eigenvalue weighted by Crippen LogP contribution is -2.18. The Hall–Kier alpha value is -1.94. The molecule has 0 saturated carbocycles. The molecule has 3 heterocycles. The Morgan fingerprint density at radius 3 is 2.85 bits per heavy atom. The smallest absolute Gasteiger partial charge is 0.126 e. The maximum absolute atomic E-state index is 4.75. The largest absolute Gasteiger partial charge is 0.366 e. The zero-order chi connectivity index (χ0) is 13.8. The van der Waals surface area contributed by atoms with Gasteiger partial charge in [0.2, 0.25) is 0 Å². The molecule has 1 atom stereocenters. The highest BCUT2D eigenvalue weighted by Gasteiger charge is 2.23. The van der Waals surface area contributed by atoms with Crippen molar-refractivity contribution in [3.8, 4) is 0 Å². The normalized spacial score (nSPS) is 19.1. The van der Waals surface area contributed by atoms with Crippen LogP contribution in [0.2, 0.25) is 0 Å². The van der Waals surface area contributed by atoms with Crippen molar-refractivity contribution in [2.75, 3.05) is 18.9 Å². The minimum atomic E-state index is 0.470. The van der Waals surface area contributed by atoms with E-state index in [-0.39, 0.29) is 0 Å². The van der Waals surface area contributed by atoms with E-state index in [1.165, 1.54) is 30.6 Å². The number of likely N-dealkylation sites (tertiary alicyclic amines) is 1. The Morgan fingerprint density at radius 1 is 1.25 bits per heavy atom. The third kappa shape index (κ3) is 2.96. The lowest BCUT2D eigenvalue weighted by molar-refractivity contribution is 0.312. The molecular weight excluding hydrogens is 248 g/mol. The van der Waals surface area contributed by atoms with Crippen LogP contribution in [0.15, 0.2) is 42.7 Å².